The van der Waals surface area contributed by atoms with Crippen LogP contribution in [0.25, 0.3) is 0 Å². The molecule has 1 aromatic rings. The SMILES string of the molecule is CCC(C)(NC(=O)C1CC1c1c(F)cccc1F)C(=O)O. The monoisotopic (exact) mass is 297 g/mol. The van der Waals surface area contributed by atoms with Crippen LogP contribution in [0, 0.1) is 17.6 Å². The van der Waals surface area contributed by atoms with Gasteiger partial charge in [0.05, 0.1) is 0 Å². The number of aliphatic carboxylic acids is 1. The molecule has 1 fully saturated rings. The van der Waals surface area contributed by atoms with Gasteiger partial charge in [-0.2, -0.15) is 0 Å². The second kappa shape index (κ2) is 5.42. The minimum atomic E-state index is -1.36. The molecule has 1 amide bonds. The van der Waals surface area contributed by atoms with Crippen molar-refractivity contribution in [3.8, 4) is 0 Å². The van der Waals surface area contributed by atoms with Gasteiger partial charge in [0.2, 0.25) is 5.91 Å². The van der Waals surface area contributed by atoms with Gasteiger partial charge < -0.3 is 10.4 Å². The molecule has 1 aliphatic rings. The first kappa shape index (κ1) is 15.4. The Morgan fingerprint density at radius 3 is 2.43 bits per heavy atom. The van der Waals surface area contributed by atoms with E-state index in [2.05, 4.69) is 5.32 Å². The van der Waals surface area contributed by atoms with Gasteiger partial charge in [-0.05, 0) is 31.9 Å². The third-order valence-electron chi connectivity index (χ3n) is 4.08. The Hall–Kier alpha value is -1.98. The van der Waals surface area contributed by atoms with Crippen molar-refractivity contribution in [2.24, 2.45) is 5.92 Å². The maximum Gasteiger partial charge on any atom is 0.329 e. The minimum Gasteiger partial charge on any atom is -0.480 e. The van der Waals surface area contributed by atoms with Crippen molar-refractivity contribution < 1.29 is 23.5 Å². The smallest absolute Gasteiger partial charge is 0.329 e. The van der Waals surface area contributed by atoms with E-state index in [9.17, 15) is 18.4 Å². The summed E-state index contributed by atoms with van der Waals surface area (Å²) < 4.78 is 27.3. The maximum absolute atomic E-state index is 13.6. The lowest BCUT2D eigenvalue weighted by Crippen LogP contribution is -2.52. The van der Waals surface area contributed by atoms with E-state index in [1.807, 2.05) is 0 Å². The normalized spacial score (nSPS) is 23.2. The number of amides is 1. The average molecular weight is 297 g/mol. The summed E-state index contributed by atoms with van der Waals surface area (Å²) in [5.74, 6) is -4.07. The molecule has 4 nitrogen and oxygen atoms in total. The Balaban J connectivity index is 2.10. The van der Waals surface area contributed by atoms with Crippen LogP contribution in [0.3, 0.4) is 0 Å². The molecule has 6 heteroatoms. The third-order valence-corrected chi connectivity index (χ3v) is 4.08. The summed E-state index contributed by atoms with van der Waals surface area (Å²) in [6.07, 6.45) is 0.544. The molecule has 2 N–H and O–H groups in total. The molecule has 21 heavy (non-hydrogen) atoms. The summed E-state index contributed by atoms with van der Waals surface area (Å²) in [5.41, 5.74) is -1.45. The number of carbonyl (C=O) groups is 2. The van der Waals surface area contributed by atoms with E-state index >= 15 is 0 Å². The summed E-state index contributed by atoms with van der Waals surface area (Å²) in [4.78, 5) is 23.2. The second-order valence-electron chi connectivity index (χ2n) is 5.56. The van der Waals surface area contributed by atoms with Crippen LogP contribution in [-0.2, 0) is 9.59 Å². The van der Waals surface area contributed by atoms with E-state index in [0.717, 1.165) is 12.1 Å². The Labute approximate surface area is 121 Å². The molecule has 3 atom stereocenters. The van der Waals surface area contributed by atoms with Crippen LogP contribution in [-0.4, -0.2) is 22.5 Å². The number of nitrogens with one attached hydrogen (secondary N) is 1. The summed E-state index contributed by atoms with van der Waals surface area (Å²) in [6.45, 7) is 3.06. The molecule has 1 aliphatic carbocycles. The van der Waals surface area contributed by atoms with Crippen LogP contribution in [0.2, 0.25) is 0 Å². The Morgan fingerprint density at radius 2 is 1.95 bits per heavy atom. The van der Waals surface area contributed by atoms with Crippen LogP contribution in [0.1, 0.15) is 38.2 Å². The summed E-state index contributed by atoms with van der Waals surface area (Å²) in [7, 11) is 0. The second-order valence-corrected chi connectivity index (χ2v) is 5.56. The van der Waals surface area contributed by atoms with Gasteiger partial charge in [0.15, 0.2) is 0 Å². The zero-order chi connectivity index (χ0) is 15.8. The van der Waals surface area contributed by atoms with Crippen LogP contribution in [0.4, 0.5) is 8.78 Å². The average Bonchev–Trinajstić information content (AvgIpc) is 3.18. The number of halogens is 2. The number of hydrogen-bond acceptors (Lipinski definition) is 2. The first-order chi connectivity index (χ1) is 9.80. The lowest BCUT2D eigenvalue weighted by molar-refractivity contribution is -0.147. The number of hydrogen-bond donors (Lipinski definition) is 2. The van der Waals surface area contributed by atoms with Crippen molar-refractivity contribution in [1.82, 2.24) is 5.32 Å². The predicted octanol–water partition coefficient (Wildman–Crippen LogP) is 2.44. The van der Waals surface area contributed by atoms with Crippen LogP contribution in [0.15, 0.2) is 18.2 Å². The van der Waals surface area contributed by atoms with Crippen molar-refractivity contribution in [2.45, 2.75) is 38.1 Å². The number of carboxylic acids is 1. The highest BCUT2D eigenvalue weighted by molar-refractivity contribution is 5.89. The van der Waals surface area contributed by atoms with E-state index in [0.29, 0.717) is 6.42 Å². The molecule has 0 spiro atoms. The first-order valence-electron chi connectivity index (χ1n) is 6.79. The van der Waals surface area contributed by atoms with Crippen molar-refractivity contribution in [1.29, 1.82) is 0 Å². The van der Waals surface area contributed by atoms with Gasteiger partial charge >= 0.3 is 5.97 Å². The number of benzene rings is 1. The fourth-order valence-corrected chi connectivity index (χ4v) is 2.33. The fourth-order valence-electron chi connectivity index (χ4n) is 2.33. The molecule has 0 bridgehead atoms. The molecule has 0 saturated heterocycles. The zero-order valence-corrected chi connectivity index (χ0v) is 11.8. The highest BCUT2D eigenvalue weighted by Crippen LogP contribution is 2.49. The lowest BCUT2D eigenvalue weighted by atomic mass is 9.98. The number of carbonyl (C=O) groups excluding carboxylic acids is 1. The van der Waals surface area contributed by atoms with Crippen molar-refractivity contribution >= 4 is 11.9 Å². The first-order valence-corrected chi connectivity index (χ1v) is 6.79. The van der Waals surface area contributed by atoms with Crippen molar-refractivity contribution in [2.75, 3.05) is 0 Å². The minimum absolute atomic E-state index is 0.0915. The Kier molecular flexibility index (Phi) is 3.98. The molecular weight excluding hydrogens is 280 g/mol. The highest BCUT2D eigenvalue weighted by Gasteiger charge is 2.48. The summed E-state index contributed by atoms with van der Waals surface area (Å²) >= 11 is 0. The van der Waals surface area contributed by atoms with Gasteiger partial charge in [0, 0.05) is 17.4 Å². The van der Waals surface area contributed by atoms with E-state index < -0.39 is 40.9 Å². The Bertz CT molecular complexity index is 570. The van der Waals surface area contributed by atoms with Gasteiger partial charge in [-0.25, -0.2) is 13.6 Å². The highest BCUT2D eigenvalue weighted by atomic mass is 19.1. The summed E-state index contributed by atoms with van der Waals surface area (Å²) in [6, 6.07) is 3.57. The lowest BCUT2D eigenvalue weighted by Gasteiger charge is -2.24. The topological polar surface area (TPSA) is 66.4 Å². The van der Waals surface area contributed by atoms with E-state index in [-0.39, 0.29) is 12.0 Å². The van der Waals surface area contributed by atoms with Crippen LogP contribution < -0.4 is 5.32 Å². The van der Waals surface area contributed by atoms with E-state index in [1.54, 1.807) is 6.92 Å². The molecule has 3 unspecified atom stereocenters. The van der Waals surface area contributed by atoms with E-state index in [1.165, 1.54) is 13.0 Å². The third kappa shape index (κ3) is 2.89. The molecule has 1 saturated carbocycles. The Morgan fingerprint density at radius 1 is 1.38 bits per heavy atom. The largest absolute Gasteiger partial charge is 0.480 e. The molecular formula is C15H17F2NO3. The standard InChI is InChI=1S/C15H17F2NO3/c1-3-15(2,14(20)21)18-13(19)9-7-8(9)12-10(16)5-4-6-11(12)17/h4-6,8-9H,3,7H2,1-2H3,(H,18,19)(H,20,21). The van der Waals surface area contributed by atoms with E-state index in [4.69, 9.17) is 5.11 Å². The molecule has 0 aliphatic heterocycles. The van der Waals surface area contributed by atoms with Crippen LogP contribution >= 0.6 is 0 Å². The van der Waals surface area contributed by atoms with Gasteiger partial charge in [0.25, 0.3) is 0 Å². The molecule has 2 rings (SSSR count). The van der Waals surface area contributed by atoms with Gasteiger partial charge in [-0.15, -0.1) is 0 Å². The zero-order valence-electron chi connectivity index (χ0n) is 11.8. The summed E-state index contributed by atoms with van der Waals surface area (Å²) in [5, 5.41) is 11.6. The predicted molar refractivity (Wildman–Crippen MR) is 71.7 cm³/mol. The quantitative estimate of drug-likeness (QED) is 0.877. The van der Waals surface area contributed by atoms with Gasteiger partial charge in [-0.1, -0.05) is 13.0 Å². The number of rotatable bonds is 5. The maximum atomic E-state index is 13.6. The van der Waals surface area contributed by atoms with Gasteiger partial charge in [0.1, 0.15) is 17.2 Å². The molecule has 0 heterocycles. The van der Waals surface area contributed by atoms with Gasteiger partial charge in [-0.3, -0.25) is 4.79 Å². The molecule has 114 valence electrons. The van der Waals surface area contributed by atoms with Crippen LogP contribution in [0.5, 0.6) is 0 Å². The molecule has 0 aromatic heterocycles. The van der Waals surface area contributed by atoms with Crippen molar-refractivity contribution in [3.05, 3.63) is 35.4 Å². The molecule has 0 radical (unpaired) electrons. The fraction of sp³-hybridized carbons (Fsp3) is 0.467. The molecule has 1 aromatic carbocycles. The van der Waals surface area contributed by atoms with Crippen molar-refractivity contribution in [3.63, 3.8) is 0 Å². The number of carboxylic acid groups (broad SMARTS) is 1.